The molecular weight excluding hydrogens is 204 g/mol. The van der Waals surface area contributed by atoms with Gasteiger partial charge in [-0.3, -0.25) is 5.10 Å². The maximum absolute atomic E-state index is 11.7. The number of H-pyrrole nitrogens is 1. The van der Waals surface area contributed by atoms with Crippen LogP contribution in [0.1, 0.15) is 47.4 Å². The number of rotatable bonds is 2. The molecule has 1 aromatic heterocycles. The Kier molecular flexibility index (Phi) is 1.37. The van der Waals surface area contributed by atoms with Crippen molar-refractivity contribution >= 4 is 5.97 Å². The Balaban J connectivity index is 1.68. The van der Waals surface area contributed by atoms with Gasteiger partial charge in [0.05, 0.1) is 6.61 Å². The molecule has 1 aromatic rings. The second kappa shape index (κ2) is 2.50. The summed E-state index contributed by atoms with van der Waals surface area (Å²) in [4.78, 5) is 11.7. The zero-order chi connectivity index (χ0) is 10.9. The van der Waals surface area contributed by atoms with E-state index in [9.17, 15) is 4.79 Å². The van der Waals surface area contributed by atoms with Crippen LogP contribution < -0.4 is 0 Å². The van der Waals surface area contributed by atoms with Gasteiger partial charge in [-0.15, -0.1) is 0 Å². The van der Waals surface area contributed by atoms with Crippen LogP contribution in [-0.2, 0) is 11.2 Å². The first kappa shape index (κ1) is 8.79. The Bertz CT molecular complexity index is 487. The summed E-state index contributed by atoms with van der Waals surface area (Å²) >= 11 is 0. The Hall–Kier alpha value is -1.32. The summed E-state index contributed by atoms with van der Waals surface area (Å²) in [5, 5.41) is 7.19. The van der Waals surface area contributed by atoms with E-state index in [2.05, 4.69) is 10.2 Å². The Morgan fingerprint density at radius 1 is 1.62 bits per heavy atom. The van der Waals surface area contributed by atoms with E-state index in [0.29, 0.717) is 23.6 Å². The van der Waals surface area contributed by atoms with Crippen LogP contribution in [0.5, 0.6) is 0 Å². The summed E-state index contributed by atoms with van der Waals surface area (Å²) in [5.41, 5.74) is 3.52. The van der Waals surface area contributed by atoms with Gasteiger partial charge in [-0.05, 0) is 37.5 Å². The van der Waals surface area contributed by atoms with Crippen molar-refractivity contribution in [3.63, 3.8) is 0 Å². The number of ether oxygens (including phenoxy) is 1. The minimum Gasteiger partial charge on any atom is -0.461 e. The highest BCUT2D eigenvalue weighted by molar-refractivity contribution is 5.89. The van der Waals surface area contributed by atoms with Gasteiger partial charge in [0.25, 0.3) is 0 Å². The van der Waals surface area contributed by atoms with Crippen LogP contribution in [0.2, 0.25) is 0 Å². The molecule has 0 amide bonds. The van der Waals surface area contributed by atoms with Crippen LogP contribution in [0.25, 0.3) is 0 Å². The molecule has 4 rings (SSSR count). The molecule has 2 saturated carbocycles. The van der Waals surface area contributed by atoms with Gasteiger partial charge in [0.15, 0.2) is 5.69 Å². The van der Waals surface area contributed by atoms with E-state index in [1.165, 1.54) is 18.5 Å². The second-order valence-corrected chi connectivity index (χ2v) is 5.21. The number of hydrogen-bond donors (Lipinski definition) is 1. The topological polar surface area (TPSA) is 55.0 Å². The standard InChI is InChI=1S/C12H14N2O2/c1-2-16-11(15)10-6-5-7-8(9(6)13-14-10)12(7)3-4-12/h7-8H,2-5H2,1H3,(H,13,14)/t7-,8-/m1/s1. The van der Waals surface area contributed by atoms with Crippen molar-refractivity contribution in [1.82, 2.24) is 10.2 Å². The van der Waals surface area contributed by atoms with Crippen molar-refractivity contribution < 1.29 is 9.53 Å². The van der Waals surface area contributed by atoms with Crippen LogP contribution in [0, 0.1) is 11.3 Å². The molecule has 0 aromatic carbocycles. The zero-order valence-electron chi connectivity index (χ0n) is 9.25. The van der Waals surface area contributed by atoms with E-state index in [0.717, 1.165) is 17.9 Å². The minimum atomic E-state index is -0.272. The van der Waals surface area contributed by atoms with Gasteiger partial charge in [-0.1, -0.05) is 0 Å². The minimum absolute atomic E-state index is 0.272. The molecular formula is C12H14N2O2. The maximum Gasteiger partial charge on any atom is 0.359 e. The largest absolute Gasteiger partial charge is 0.461 e. The lowest BCUT2D eigenvalue weighted by atomic mass is 10.1. The Labute approximate surface area is 93.4 Å². The van der Waals surface area contributed by atoms with E-state index in [1.54, 1.807) is 0 Å². The van der Waals surface area contributed by atoms with Gasteiger partial charge < -0.3 is 4.74 Å². The monoisotopic (exact) mass is 218 g/mol. The Morgan fingerprint density at radius 3 is 3.12 bits per heavy atom. The van der Waals surface area contributed by atoms with Crippen LogP contribution in [0.3, 0.4) is 0 Å². The first-order valence-electron chi connectivity index (χ1n) is 6.02. The van der Waals surface area contributed by atoms with Gasteiger partial charge in [0, 0.05) is 17.2 Å². The lowest BCUT2D eigenvalue weighted by Crippen LogP contribution is -2.08. The van der Waals surface area contributed by atoms with Crippen molar-refractivity contribution in [2.24, 2.45) is 11.3 Å². The molecule has 16 heavy (non-hydrogen) atoms. The van der Waals surface area contributed by atoms with Crippen LogP contribution >= 0.6 is 0 Å². The summed E-state index contributed by atoms with van der Waals surface area (Å²) in [6.45, 7) is 2.23. The molecule has 4 heteroatoms. The third kappa shape index (κ3) is 0.829. The van der Waals surface area contributed by atoms with Gasteiger partial charge >= 0.3 is 5.97 Å². The number of nitrogens with zero attached hydrogens (tertiary/aromatic N) is 1. The van der Waals surface area contributed by atoms with E-state index < -0.39 is 0 Å². The maximum atomic E-state index is 11.7. The van der Waals surface area contributed by atoms with E-state index in [-0.39, 0.29) is 5.97 Å². The first-order chi connectivity index (χ1) is 7.78. The fraction of sp³-hybridized carbons (Fsp3) is 0.667. The zero-order valence-corrected chi connectivity index (χ0v) is 9.25. The lowest BCUT2D eigenvalue weighted by molar-refractivity contribution is 0.0518. The highest BCUT2D eigenvalue weighted by Gasteiger charge is 2.75. The lowest BCUT2D eigenvalue weighted by Gasteiger charge is -2.02. The number of hydrogen-bond acceptors (Lipinski definition) is 3. The number of aromatic amines is 1. The summed E-state index contributed by atoms with van der Waals surface area (Å²) < 4.78 is 5.01. The van der Waals surface area contributed by atoms with Gasteiger partial charge in [0.1, 0.15) is 0 Å². The van der Waals surface area contributed by atoms with Gasteiger partial charge in [-0.25, -0.2) is 4.79 Å². The number of carbonyl (C=O) groups is 1. The van der Waals surface area contributed by atoms with Crippen LogP contribution in [-0.4, -0.2) is 22.8 Å². The molecule has 3 aliphatic rings. The van der Waals surface area contributed by atoms with Gasteiger partial charge in [0.2, 0.25) is 0 Å². The Morgan fingerprint density at radius 2 is 2.44 bits per heavy atom. The fourth-order valence-electron chi connectivity index (χ4n) is 3.64. The van der Waals surface area contributed by atoms with Crippen molar-refractivity contribution in [1.29, 1.82) is 0 Å². The molecule has 2 fully saturated rings. The molecule has 1 N–H and O–H groups in total. The first-order valence-corrected chi connectivity index (χ1v) is 6.02. The predicted molar refractivity (Wildman–Crippen MR) is 56.1 cm³/mol. The van der Waals surface area contributed by atoms with Gasteiger partial charge in [-0.2, -0.15) is 5.10 Å². The highest BCUT2D eigenvalue weighted by Crippen LogP contribution is 2.82. The van der Waals surface area contributed by atoms with Crippen LogP contribution in [0.15, 0.2) is 0 Å². The summed E-state index contributed by atoms with van der Waals surface area (Å²) in [5.74, 6) is 1.20. The predicted octanol–water partition coefficient (Wildman–Crippen LogP) is 1.64. The smallest absolute Gasteiger partial charge is 0.359 e. The van der Waals surface area contributed by atoms with E-state index >= 15 is 0 Å². The third-order valence-corrected chi connectivity index (χ3v) is 4.58. The molecule has 2 atom stereocenters. The van der Waals surface area contributed by atoms with E-state index in [4.69, 9.17) is 4.74 Å². The summed E-state index contributed by atoms with van der Waals surface area (Å²) in [6, 6.07) is 0. The molecule has 0 aliphatic heterocycles. The molecule has 4 nitrogen and oxygen atoms in total. The number of fused-ring (bicyclic) bond motifs is 5. The molecule has 84 valence electrons. The third-order valence-electron chi connectivity index (χ3n) is 4.58. The number of aromatic nitrogens is 2. The molecule has 1 heterocycles. The second-order valence-electron chi connectivity index (χ2n) is 5.21. The average Bonchev–Trinajstić information content (AvgIpc) is 3.03. The van der Waals surface area contributed by atoms with Crippen molar-refractivity contribution in [3.05, 3.63) is 17.0 Å². The van der Waals surface area contributed by atoms with Crippen molar-refractivity contribution in [2.45, 2.75) is 32.1 Å². The van der Waals surface area contributed by atoms with Crippen molar-refractivity contribution in [3.8, 4) is 0 Å². The number of nitrogens with one attached hydrogen (secondary N) is 1. The van der Waals surface area contributed by atoms with E-state index in [1.807, 2.05) is 6.92 Å². The number of carbonyl (C=O) groups excluding carboxylic acids is 1. The summed E-state index contributed by atoms with van der Waals surface area (Å²) in [6.07, 6.45) is 3.77. The highest BCUT2D eigenvalue weighted by atomic mass is 16.5. The molecule has 0 radical (unpaired) electrons. The average molecular weight is 218 g/mol. The fourth-order valence-corrected chi connectivity index (χ4v) is 3.64. The number of esters is 1. The van der Waals surface area contributed by atoms with Crippen molar-refractivity contribution in [2.75, 3.05) is 6.61 Å². The summed E-state index contributed by atoms with van der Waals surface area (Å²) in [7, 11) is 0. The molecule has 3 aliphatic carbocycles. The quantitative estimate of drug-likeness (QED) is 0.768. The van der Waals surface area contributed by atoms with Crippen LogP contribution in [0.4, 0.5) is 0 Å². The SMILES string of the molecule is CCOC(=O)c1n[nH]c2c1C[C@@H]1[C@H]2C12CC2. The molecule has 0 unspecified atom stereocenters. The molecule has 0 bridgehead atoms. The normalized spacial score (nSPS) is 31.1. The molecule has 1 spiro atoms. The molecule has 0 saturated heterocycles.